The molecule has 43 heavy (non-hydrogen) atoms. The molecule has 0 amide bonds. The lowest BCUT2D eigenvalue weighted by Gasteiger charge is -2.20. The summed E-state index contributed by atoms with van der Waals surface area (Å²) in [7, 11) is 1.47. The first-order valence-corrected chi connectivity index (χ1v) is 13.1. The summed E-state index contributed by atoms with van der Waals surface area (Å²) in [4.78, 5) is 18.1. The fourth-order valence-electron chi connectivity index (χ4n) is 4.60. The van der Waals surface area contributed by atoms with Crippen molar-refractivity contribution < 1.29 is 35.9 Å². The van der Waals surface area contributed by atoms with Gasteiger partial charge in [0.05, 0.1) is 28.7 Å². The summed E-state index contributed by atoms with van der Waals surface area (Å²) in [5.74, 6) is -1.24. The van der Waals surface area contributed by atoms with Gasteiger partial charge in [-0.1, -0.05) is 29.4 Å². The molecule has 3 aromatic carbocycles. The van der Waals surface area contributed by atoms with Crippen molar-refractivity contribution in [1.82, 2.24) is 14.7 Å². The zero-order valence-corrected chi connectivity index (χ0v) is 23.3. The first-order valence-electron chi connectivity index (χ1n) is 13.1. The van der Waals surface area contributed by atoms with Crippen molar-refractivity contribution in [2.24, 2.45) is 0 Å². The van der Waals surface area contributed by atoms with E-state index in [4.69, 9.17) is 14.0 Å². The van der Waals surface area contributed by atoms with E-state index in [-0.39, 0.29) is 53.7 Å². The molecule has 0 fully saturated rings. The van der Waals surface area contributed by atoms with E-state index in [1.165, 1.54) is 43.6 Å². The number of ether oxygens (including phenoxy) is 2. The SMILES string of the molecule is COCCOc1cc2c(cc1F)c(=O)c(-c1noc(C(C)(C)c3ccc(F)cc3)n1)cn2Cc1ccc(C(F)(F)F)cc1. The molecule has 0 N–H and O–H groups in total. The summed E-state index contributed by atoms with van der Waals surface area (Å²) in [5.41, 5.74) is -0.815. The van der Waals surface area contributed by atoms with E-state index in [2.05, 4.69) is 10.1 Å². The Bertz CT molecular complexity index is 1810. The highest BCUT2D eigenvalue weighted by molar-refractivity contribution is 5.84. The molecule has 2 aromatic heterocycles. The summed E-state index contributed by atoms with van der Waals surface area (Å²) in [6.45, 7) is 3.86. The van der Waals surface area contributed by atoms with Gasteiger partial charge in [0.15, 0.2) is 11.6 Å². The van der Waals surface area contributed by atoms with Gasteiger partial charge in [-0.05, 0) is 55.3 Å². The highest BCUT2D eigenvalue weighted by atomic mass is 19.4. The van der Waals surface area contributed by atoms with E-state index in [0.29, 0.717) is 11.1 Å². The molecule has 5 rings (SSSR count). The van der Waals surface area contributed by atoms with Gasteiger partial charge in [0, 0.05) is 31.3 Å². The lowest BCUT2D eigenvalue weighted by Crippen LogP contribution is -2.19. The number of hydrogen-bond donors (Lipinski definition) is 0. The number of methoxy groups -OCH3 is 1. The summed E-state index contributed by atoms with van der Waals surface area (Å²) in [5, 5.41) is 3.99. The third kappa shape index (κ3) is 6.14. The Balaban J connectivity index is 1.61. The molecule has 0 saturated heterocycles. The minimum Gasteiger partial charge on any atom is -0.488 e. The molecule has 7 nitrogen and oxygen atoms in total. The van der Waals surface area contributed by atoms with E-state index in [1.807, 2.05) is 0 Å². The maximum absolute atomic E-state index is 15.1. The van der Waals surface area contributed by atoms with Gasteiger partial charge in [0.25, 0.3) is 0 Å². The fraction of sp³-hybridized carbons (Fsp3) is 0.258. The van der Waals surface area contributed by atoms with Crippen LogP contribution in [-0.4, -0.2) is 35.0 Å². The maximum atomic E-state index is 15.1. The first-order chi connectivity index (χ1) is 20.4. The predicted octanol–water partition coefficient (Wildman–Crippen LogP) is 6.75. The number of benzene rings is 3. The molecule has 2 heterocycles. The number of fused-ring (bicyclic) bond motifs is 1. The third-order valence-electron chi connectivity index (χ3n) is 7.08. The van der Waals surface area contributed by atoms with Gasteiger partial charge in [0.2, 0.25) is 17.1 Å². The van der Waals surface area contributed by atoms with Crippen LogP contribution < -0.4 is 10.2 Å². The largest absolute Gasteiger partial charge is 0.488 e. The van der Waals surface area contributed by atoms with Crippen molar-refractivity contribution in [3.63, 3.8) is 0 Å². The average Bonchev–Trinajstić information content (AvgIpc) is 3.46. The van der Waals surface area contributed by atoms with E-state index >= 15 is 4.39 Å². The highest BCUT2D eigenvalue weighted by Gasteiger charge is 2.31. The molecule has 5 aromatic rings. The van der Waals surface area contributed by atoms with Crippen molar-refractivity contribution in [3.8, 4) is 17.1 Å². The van der Waals surface area contributed by atoms with Crippen LogP contribution >= 0.6 is 0 Å². The number of alkyl halides is 3. The quantitative estimate of drug-likeness (QED) is 0.138. The van der Waals surface area contributed by atoms with E-state index in [1.54, 1.807) is 30.5 Å². The Hall–Kier alpha value is -4.58. The zero-order chi connectivity index (χ0) is 30.9. The van der Waals surface area contributed by atoms with Gasteiger partial charge < -0.3 is 18.6 Å². The number of aromatic nitrogens is 3. The number of hydrogen-bond acceptors (Lipinski definition) is 6. The average molecular weight is 600 g/mol. The van der Waals surface area contributed by atoms with Gasteiger partial charge in [-0.3, -0.25) is 4.79 Å². The molecular weight excluding hydrogens is 573 g/mol. The fourth-order valence-corrected chi connectivity index (χ4v) is 4.60. The molecule has 0 aliphatic heterocycles. The van der Waals surface area contributed by atoms with Crippen molar-refractivity contribution in [1.29, 1.82) is 0 Å². The van der Waals surface area contributed by atoms with Crippen LogP contribution in [0.3, 0.4) is 0 Å². The topological polar surface area (TPSA) is 79.4 Å². The van der Waals surface area contributed by atoms with Gasteiger partial charge in [-0.2, -0.15) is 18.2 Å². The second-order valence-electron chi connectivity index (χ2n) is 10.4. The standard InChI is InChI=1S/C31H26F5N3O4/c1-30(2,19-8-10-21(32)11-9-19)29-37-28(38-43-29)23-17-39(16-18-4-6-20(7-5-18)31(34,35)36)25-15-26(42-13-12-41-3)24(33)14-22(25)27(23)40/h4-11,14-15,17H,12-13,16H2,1-3H3. The van der Waals surface area contributed by atoms with Crippen LogP contribution in [0, 0.1) is 11.6 Å². The van der Waals surface area contributed by atoms with E-state index in [9.17, 15) is 22.4 Å². The number of nitrogens with zero attached hydrogens (tertiary/aromatic N) is 3. The summed E-state index contributed by atoms with van der Waals surface area (Å²) >= 11 is 0. The summed E-state index contributed by atoms with van der Waals surface area (Å²) in [6, 6.07) is 12.7. The number of rotatable bonds is 9. The van der Waals surface area contributed by atoms with Crippen LogP contribution in [0.2, 0.25) is 0 Å². The lowest BCUT2D eigenvalue weighted by molar-refractivity contribution is -0.137. The van der Waals surface area contributed by atoms with Crippen molar-refractivity contribution in [2.75, 3.05) is 20.3 Å². The summed E-state index contributed by atoms with van der Waals surface area (Å²) in [6.07, 6.45) is -3.06. The Labute approximate surface area is 242 Å². The van der Waals surface area contributed by atoms with Crippen LogP contribution in [0.15, 0.2) is 76.2 Å². The van der Waals surface area contributed by atoms with Crippen molar-refractivity contribution in [3.05, 3.63) is 111 Å². The van der Waals surface area contributed by atoms with Gasteiger partial charge in [-0.15, -0.1) is 0 Å². The molecule has 0 spiro atoms. The number of pyridine rings is 1. The molecule has 0 radical (unpaired) electrons. The van der Waals surface area contributed by atoms with E-state index < -0.39 is 34.2 Å². The molecule has 224 valence electrons. The second-order valence-corrected chi connectivity index (χ2v) is 10.4. The molecule has 0 saturated carbocycles. The smallest absolute Gasteiger partial charge is 0.416 e. The molecule has 0 atom stereocenters. The van der Waals surface area contributed by atoms with Gasteiger partial charge in [0.1, 0.15) is 12.4 Å². The molecule has 0 bridgehead atoms. The van der Waals surface area contributed by atoms with Crippen molar-refractivity contribution in [2.45, 2.75) is 32.0 Å². The molecule has 0 aliphatic carbocycles. The Morgan fingerprint density at radius 1 is 0.930 bits per heavy atom. The minimum atomic E-state index is -4.50. The maximum Gasteiger partial charge on any atom is 0.416 e. The van der Waals surface area contributed by atoms with Crippen LogP contribution in [0.4, 0.5) is 22.0 Å². The minimum absolute atomic E-state index is 0.0169. The Morgan fingerprint density at radius 2 is 1.60 bits per heavy atom. The van der Waals surface area contributed by atoms with Crippen LogP contribution in [0.5, 0.6) is 5.75 Å². The van der Waals surface area contributed by atoms with Crippen molar-refractivity contribution >= 4 is 10.9 Å². The van der Waals surface area contributed by atoms with E-state index in [0.717, 1.165) is 18.2 Å². The van der Waals surface area contributed by atoms with Crippen LogP contribution in [0.25, 0.3) is 22.3 Å². The van der Waals surface area contributed by atoms with Crippen LogP contribution in [0.1, 0.15) is 36.4 Å². The molecule has 0 unspecified atom stereocenters. The molecule has 0 aliphatic rings. The highest BCUT2D eigenvalue weighted by Crippen LogP contribution is 2.33. The summed E-state index contributed by atoms with van der Waals surface area (Å²) < 4.78 is 85.5. The van der Waals surface area contributed by atoms with Gasteiger partial charge in [-0.25, -0.2) is 8.78 Å². The second kappa shape index (κ2) is 11.6. The predicted molar refractivity (Wildman–Crippen MR) is 148 cm³/mol. The molecule has 12 heteroatoms. The Kier molecular flexibility index (Phi) is 8.06. The molecular formula is C31H26F5N3O4. The Morgan fingerprint density at radius 3 is 2.26 bits per heavy atom. The lowest BCUT2D eigenvalue weighted by atomic mass is 9.84. The third-order valence-corrected chi connectivity index (χ3v) is 7.08. The zero-order valence-electron chi connectivity index (χ0n) is 23.3. The van der Waals surface area contributed by atoms with Crippen LogP contribution in [-0.2, 0) is 22.9 Å². The van der Waals surface area contributed by atoms with Gasteiger partial charge >= 0.3 is 6.18 Å². The monoisotopic (exact) mass is 599 g/mol. The first kappa shape index (κ1) is 29.9. The normalized spacial score (nSPS) is 12.2. The number of halogens is 5.